The van der Waals surface area contributed by atoms with Gasteiger partial charge in [0, 0.05) is 43.9 Å². The summed E-state index contributed by atoms with van der Waals surface area (Å²) >= 11 is 1.68. The highest BCUT2D eigenvalue weighted by atomic mass is 32.1. The quantitative estimate of drug-likeness (QED) is 0.473. The van der Waals surface area contributed by atoms with Crippen LogP contribution in [0.2, 0.25) is 0 Å². The Morgan fingerprint density at radius 2 is 1.86 bits per heavy atom. The minimum Gasteiger partial charge on any atom is -0.345 e. The van der Waals surface area contributed by atoms with Crippen LogP contribution in [0, 0.1) is 10.1 Å². The monoisotopic (exact) mass is 410 g/mol. The van der Waals surface area contributed by atoms with Crippen molar-refractivity contribution in [1.29, 1.82) is 0 Å². The number of non-ortho nitro benzene ring substituents is 1. The van der Waals surface area contributed by atoms with E-state index < -0.39 is 4.92 Å². The number of anilines is 1. The SMILES string of the molecule is CC(C)c1cccc2sc(N3CCN(C(=O)c4cccc([N+](=O)[O-])c4)CC3)nc12. The van der Waals surface area contributed by atoms with Gasteiger partial charge in [0.15, 0.2) is 5.13 Å². The van der Waals surface area contributed by atoms with Crippen molar-refractivity contribution in [1.82, 2.24) is 9.88 Å². The number of piperazine rings is 1. The van der Waals surface area contributed by atoms with E-state index in [2.05, 4.69) is 36.9 Å². The van der Waals surface area contributed by atoms with E-state index in [1.54, 1.807) is 28.4 Å². The molecule has 1 aliphatic heterocycles. The molecule has 0 radical (unpaired) electrons. The van der Waals surface area contributed by atoms with Crippen molar-refractivity contribution < 1.29 is 9.72 Å². The summed E-state index contributed by atoms with van der Waals surface area (Å²) in [4.78, 5) is 32.1. The molecule has 0 bridgehead atoms. The highest BCUT2D eigenvalue weighted by Gasteiger charge is 2.25. The van der Waals surface area contributed by atoms with Crippen LogP contribution in [0.25, 0.3) is 10.2 Å². The predicted molar refractivity (Wildman–Crippen MR) is 115 cm³/mol. The van der Waals surface area contributed by atoms with Gasteiger partial charge in [0.2, 0.25) is 0 Å². The van der Waals surface area contributed by atoms with Crippen LogP contribution in [0.5, 0.6) is 0 Å². The van der Waals surface area contributed by atoms with Crippen molar-refractivity contribution in [3.63, 3.8) is 0 Å². The number of fused-ring (bicyclic) bond motifs is 1. The highest BCUT2D eigenvalue weighted by molar-refractivity contribution is 7.22. The number of nitro benzene ring substituents is 1. The Hall–Kier alpha value is -3.00. The van der Waals surface area contributed by atoms with E-state index in [4.69, 9.17) is 4.98 Å². The first-order valence-electron chi connectivity index (χ1n) is 9.62. The molecule has 1 aliphatic rings. The van der Waals surface area contributed by atoms with Crippen molar-refractivity contribution in [3.05, 3.63) is 63.7 Å². The number of carbonyl (C=O) groups is 1. The van der Waals surface area contributed by atoms with Crippen LogP contribution in [-0.2, 0) is 0 Å². The second-order valence-corrected chi connectivity index (χ2v) is 8.44. The van der Waals surface area contributed by atoms with Gasteiger partial charge in [-0.1, -0.05) is 43.4 Å². The molecule has 3 aromatic rings. The van der Waals surface area contributed by atoms with E-state index >= 15 is 0 Å². The number of hydrogen-bond donors (Lipinski definition) is 0. The lowest BCUT2D eigenvalue weighted by Crippen LogP contribution is -2.48. The summed E-state index contributed by atoms with van der Waals surface area (Å²) in [5.74, 6) is 0.248. The van der Waals surface area contributed by atoms with Crippen molar-refractivity contribution in [2.75, 3.05) is 31.1 Å². The third kappa shape index (κ3) is 3.80. The van der Waals surface area contributed by atoms with E-state index in [0.29, 0.717) is 37.7 Å². The van der Waals surface area contributed by atoms with Crippen LogP contribution in [0.3, 0.4) is 0 Å². The van der Waals surface area contributed by atoms with Gasteiger partial charge in [-0.3, -0.25) is 14.9 Å². The van der Waals surface area contributed by atoms with Gasteiger partial charge >= 0.3 is 0 Å². The number of carbonyl (C=O) groups excluding carboxylic acids is 1. The fraction of sp³-hybridized carbons (Fsp3) is 0.333. The fourth-order valence-corrected chi connectivity index (χ4v) is 4.65. The lowest BCUT2D eigenvalue weighted by molar-refractivity contribution is -0.384. The zero-order valence-corrected chi connectivity index (χ0v) is 17.2. The van der Waals surface area contributed by atoms with Crippen LogP contribution in [-0.4, -0.2) is 46.9 Å². The number of rotatable bonds is 4. The standard InChI is InChI=1S/C21H22N4O3S/c1-14(2)17-7-4-8-18-19(17)22-21(29-18)24-11-9-23(10-12-24)20(26)15-5-3-6-16(13-15)25(27)28/h3-8,13-14H,9-12H2,1-2H3. The largest absolute Gasteiger partial charge is 0.345 e. The number of thiazole rings is 1. The lowest BCUT2D eigenvalue weighted by Gasteiger charge is -2.34. The van der Waals surface area contributed by atoms with Crippen LogP contribution in [0.15, 0.2) is 42.5 Å². The predicted octanol–water partition coefficient (Wildman–Crippen LogP) is 4.29. The number of para-hydroxylation sites is 1. The van der Waals surface area contributed by atoms with Gasteiger partial charge in [0.05, 0.1) is 15.1 Å². The molecule has 1 fully saturated rings. The summed E-state index contributed by atoms with van der Waals surface area (Å²) in [6.45, 7) is 6.86. The van der Waals surface area contributed by atoms with E-state index in [1.807, 2.05) is 0 Å². The molecule has 1 saturated heterocycles. The van der Waals surface area contributed by atoms with E-state index in [-0.39, 0.29) is 11.6 Å². The maximum Gasteiger partial charge on any atom is 0.270 e. The number of aromatic nitrogens is 1. The Labute approximate surface area is 172 Å². The Balaban J connectivity index is 1.48. The maximum atomic E-state index is 12.7. The topological polar surface area (TPSA) is 79.6 Å². The number of amides is 1. The molecule has 0 aliphatic carbocycles. The smallest absolute Gasteiger partial charge is 0.270 e. The summed E-state index contributed by atoms with van der Waals surface area (Å²) in [5.41, 5.74) is 2.61. The van der Waals surface area contributed by atoms with Gasteiger partial charge in [-0.2, -0.15) is 0 Å². The van der Waals surface area contributed by atoms with Gasteiger partial charge in [0.1, 0.15) is 0 Å². The second-order valence-electron chi connectivity index (χ2n) is 7.43. The number of hydrogen-bond acceptors (Lipinski definition) is 6. The van der Waals surface area contributed by atoms with E-state index in [0.717, 1.165) is 10.6 Å². The first kappa shape index (κ1) is 19.3. The molecule has 0 unspecified atom stereocenters. The van der Waals surface area contributed by atoms with Crippen molar-refractivity contribution in [2.45, 2.75) is 19.8 Å². The van der Waals surface area contributed by atoms with E-state index in [1.165, 1.54) is 22.4 Å². The molecule has 1 amide bonds. The van der Waals surface area contributed by atoms with Crippen LogP contribution >= 0.6 is 11.3 Å². The Morgan fingerprint density at radius 1 is 1.14 bits per heavy atom. The minimum atomic E-state index is -0.479. The normalized spacial score (nSPS) is 14.6. The summed E-state index contributed by atoms with van der Waals surface area (Å²) in [6.07, 6.45) is 0. The third-order valence-electron chi connectivity index (χ3n) is 5.20. The molecule has 4 rings (SSSR count). The molecular weight excluding hydrogens is 388 g/mol. The van der Waals surface area contributed by atoms with Crippen molar-refractivity contribution in [3.8, 4) is 0 Å². The van der Waals surface area contributed by atoms with Gasteiger partial charge in [-0.05, 0) is 23.6 Å². The molecular formula is C21H22N4O3S. The first-order chi connectivity index (χ1) is 13.9. The molecule has 7 nitrogen and oxygen atoms in total. The zero-order chi connectivity index (χ0) is 20.5. The average molecular weight is 410 g/mol. The molecule has 29 heavy (non-hydrogen) atoms. The van der Waals surface area contributed by atoms with Gasteiger partial charge in [-0.25, -0.2) is 4.98 Å². The maximum absolute atomic E-state index is 12.7. The second kappa shape index (κ2) is 7.79. The molecule has 0 saturated carbocycles. The highest BCUT2D eigenvalue weighted by Crippen LogP contribution is 2.33. The average Bonchev–Trinajstić information content (AvgIpc) is 3.17. The molecule has 0 spiro atoms. The first-order valence-corrected chi connectivity index (χ1v) is 10.4. The lowest BCUT2D eigenvalue weighted by atomic mass is 10.0. The molecule has 2 heterocycles. The molecule has 1 aromatic heterocycles. The Kier molecular flexibility index (Phi) is 5.19. The van der Waals surface area contributed by atoms with Gasteiger partial charge < -0.3 is 9.80 Å². The van der Waals surface area contributed by atoms with Crippen LogP contribution in [0.4, 0.5) is 10.8 Å². The minimum absolute atomic E-state index is 0.0649. The fourth-order valence-electron chi connectivity index (χ4n) is 3.60. The summed E-state index contributed by atoms with van der Waals surface area (Å²) < 4.78 is 1.18. The van der Waals surface area contributed by atoms with E-state index in [9.17, 15) is 14.9 Å². The Morgan fingerprint density at radius 3 is 2.55 bits per heavy atom. The Bertz CT molecular complexity index is 1070. The van der Waals surface area contributed by atoms with Crippen LogP contribution < -0.4 is 4.90 Å². The molecule has 8 heteroatoms. The van der Waals surface area contributed by atoms with Crippen molar-refractivity contribution in [2.24, 2.45) is 0 Å². The molecule has 0 atom stereocenters. The zero-order valence-electron chi connectivity index (χ0n) is 16.4. The number of benzene rings is 2. The number of nitrogens with zero attached hydrogens (tertiary/aromatic N) is 4. The summed E-state index contributed by atoms with van der Waals surface area (Å²) in [7, 11) is 0. The molecule has 0 N–H and O–H groups in total. The third-order valence-corrected chi connectivity index (χ3v) is 6.28. The summed E-state index contributed by atoms with van der Waals surface area (Å²) in [5, 5.41) is 11.9. The van der Waals surface area contributed by atoms with Crippen LogP contribution in [0.1, 0.15) is 35.7 Å². The number of nitro groups is 1. The van der Waals surface area contributed by atoms with Gasteiger partial charge in [0.25, 0.3) is 11.6 Å². The molecule has 150 valence electrons. The van der Waals surface area contributed by atoms with Gasteiger partial charge in [-0.15, -0.1) is 0 Å². The van der Waals surface area contributed by atoms with Crippen molar-refractivity contribution >= 4 is 38.3 Å². The summed E-state index contributed by atoms with van der Waals surface area (Å²) in [6, 6.07) is 12.2. The molecule has 2 aromatic carbocycles.